The monoisotopic (exact) mass is 583 g/mol. The Hall–Kier alpha value is -4.77. The first kappa shape index (κ1) is 27.1. The molecular formula is C32H31F2N7O2. The summed E-state index contributed by atoms with van der Waals surface area (Å²) in [4.78, 5) is 23.7. The van der Waals surface area contributed by atoms with Crippen LogP contribution in [0.25, 0.3) is 16.6 Å². The number of fused-ring (bicyclic) bond motifs is 2. The summed E-state index contributed by atoms with van der Waals surface area (Å²) >= 11 is 0. The van der Waals surface area contributed by atoms with Crippen LogP contribution in [0.5, 0.6) is 11.6 Å². The number of nitrogens with one attached hydrogen (secondary N) is 2. The summed E-state index contributed by atoms with van der Waals surface area (Å²) in [5.41, 5.74) is 11.7. The van der Waals surface area contributed by atoms with Gasteiger partial charge in [0.1, 0.15) is 5.82 Å². The number of rotatable bonds is 6. The van der Waals surface area contributed by atoms with Gasteiger partial charge in [-0.05, 0) is 87.2 Å². The SMILES string of the molecule is Cc1cc(Oc2c(F)cccc2F)ncc1-n1ncc(C(=O)c2cc3cc4c(cc3[nH]2)CCCN4C2CCNCC2)c1N. The number of ketones is 1. The molecule has 2 aromatic carbocycles. The standard InChI is InChI=1S/C32H31F2N7O2/c1-18-12-29(43-31-23(33)5-2-6-24(31)34)37-17-28(18)41-32(35)22(16-38-41)30(42)26-14-20-15-27-19(13-25(20)39-26)4-3-11-40(27)21-7-9-36-10-8-21/h2,5-6,12-17,21,36,39H,3-4,7-11,35H2,1H3. The minimum atomic E-state index is -0.834. The van der Waals surface area contributed by atoms with E-state index in [-0.39, 0.29) is 23.0 Å². The second-order valence-electron chi connectivity index (χ2n) is 11.2. The Kier molecular flexibility index (Phi) is 6.81. The van der Waals surface area contributed by atoms with Crippen LogP contribution in [0.1, 0.15) is 46.4 Å². The van der Waals surface area contributed by atoms with Crippen molar-refractivity contribution in [3.05, 3.63) is 88.9 Å². The summed E-state index contributed by atoms with van der Waals surface area (Å²) in [5, 5.41) is 8.79. The number of ether oxygens (including phenoxy) is 1. The lowest BCUT2D eigenvalue weighted by Crippen LogP contribution is -2.45. The van der Waals surface area contributed by atoms with Gasteiger partial charge < -0.3 is 25.7 Å². The Morgan fingerprint density at radius 3 is 2.63 bits per heavy atom. The van der Waals surface area contributed by atoms with Crippen LogP contribution >= 0.6 is 0 Å². The van der Waals surface area contributed by atoms with E-state index in [4.69, 9.17) is 10.5 Å². The first-order valence-corrected chi connectivity index (χ1v) is 14.5. The zero-order valence-corrected chi connectivity index (χ0v) is 23.7. The lowest BCUT2D eigenvalue weighted by molar-refractivity contribution is 0.103. The quantitative estimate of drug-likeness (QED) is 0.228. The Morgan fingerprint density at radius 2 is 1.86 bits per heavy atom. The number of aryl methyl sites for hydroxylation is 2. The summed E-state index contributed by atoms with van der Waals surface area (Å²) in [5.74, 6) is -2.32. The highest BCUT2D eigenvalue weighted by atomic mass is 19.1. The number of halogens is 2. The fourth-order valence-corrected chi connectivity index (χ4v) is 6.22. The molecule has 0 unspecified atom stereocenters. The summed E-state index contributed by atoms with van der Waals surface area (Å²) < 4.78 is 34.8. The van der Waals surface area contributed by atoms with Gasteiger partial charge in [0.25, 0.3) is 0 Å². The third-order valence-corrected chi connectivity index (χ3v) is 8.43. The molecule has 1 saturated heterocycles. The number of nitrogen functional groups attached to an aromatic ring is 1. The van der Waals surface area contributed by atoms with E-state index in [1.54, 1.807) is 6.92 Å². The molecule has 0 spiro atoms. The van der Waals surface area contributed by atoms with Crippen molar-refractivity contribution in [3.8, 4) is 17.3 Å². The molecule has 7 rings (SSSR count). The number of anilines is 2. The molecule has 11 heteroatoms. The largest absolute Gasteiger partial charge is 0.433 e. The number of aromatic amines is 1. The molecule has 43 heavy (non-hydrogen) atoms. The van der Waals surface area contributed by atoms with Crippen LogP contribution in [0, 0.1) is 18.6 Å². The molecule has 0 saturated carbocycles. The fourth-order valence-electron chi connectivity index (χ4n) is 6.22. The molecule has 3 aromatic heterocycles. The molecule has 0 amide bonds. The summed E-state index contributed by atoms with van der Waals surface area (Å²) in [6.07, 6.45) is 7.26. The highest BCUT2D eigenvalue weighted by Gasteiger charge is 2.27. The van der Waals surface area contributed by atoms with Crippen LogP contribution in [0.4, 0.5) is 20.3 Å². The number of carbonyl (C=O) groups excluding carboxylic acids is 1. The first-order chi connectivity index (χ1) is 20.9. The Balaban J connectivity index is 1.15. The van der Waals surface area contributed by atoms with Crippen LogP contribution < -0.4 is 20.7 Å². The van der Waals surface area contributed by atoms with E-state index in [1.807, 2.05) is 6.07 Å². The Labute approximate surface area is 246 Å². The van der Waals surface area contributed by atoms with Crippen LogP contribution in [0.3, 0.4) is 0 Å². The van der Waals surface area contributed by atoms with Gasteiger partial charge in [0, 0.05) is 35.2 Å². The number of nitrogens with two attached hydrogens (primary N) is 1. The Bertz CT molecular complexity index is 1840. The molecule has 2 aliphatic rings. The van der Waals surface area contributed by atoms with Crippen LogP contribution in [0.15, 0.2) is 54.9 Å². The van der Waals surface area contributed by atoms with E-state index in [1.165, 1.54) is 40.5 Å². The number of aromatic nitrogens is 4. The first-order valence-electron chi connectivity index (χ1n) is 14.5. The number of pyridine rings is 1. The van der Waals surface area contributed by atoms with Gasteiger partial charge in [0.15, 0.2) is 11.6 Å². The maximum atomic E-state index is 14.0. The van der Waals surface area contributed by atoms with Crippen molar-refractivity contribution in [2.24, 2.45) is 0 Å². The number of hydrogen-bond donors (Lipinski definition) is 3. The van der Waals surface area contributed by atoms with E-state index in [0.717, 1.165) is 68.4 Å². The number of nitrogens with zero attached hydrogens (tertiary/aromatic N) is 4. The minimum Gasteiger partial charge on any atom is -0.433 e. The number of benzene rings is 2. The third-order valence-electron chi connectivity index (χ3n) is 8.43. The van der Waals surface area contributed by atoms with E-state index >= 15 is 0 Å². The molecule has 5 aromatic rings. The molecule has 5 heterocycles. The van der Waals surface area contributed by atoms with Gasteiger partial charge in [-0.2, -0.15) is 5.10 Å². The van der Waals surface area contributed by atoms with E-state index in [0.29, 0.717) is 23.0 Å². The van der Waals surface area contributed by atoms with Gasteiger partial charge in [0.05, 0.1) is 29.3 Å². The molecule has 0 aliphatic carbocycles. The lowest BCUT2D eigenvalue weighted by atomic mass is 9.95. The molecule has 0 radical (unpaired) electrons. The fraction of sp³-hybridized carbons (Fsp3) is 0.281. The molecule has 9 nitrogen and oxygen atoms in total. The smallest absolute Gasteiger partial charge is 0.219 e. The highest BCUT2D eigenvalue weighted by Crippen LogP contribution is 2.35. The number of carbonyl (C=O) groups is 1. The van der Waals surface area contributed by atoms with E-state index in [2.05, 4.69) is 37.4 Å². The summed E-state index contributed by atoms with van der Waals surface area (Å²) in [7, 11) is 0. The van der Waals surface area contributed by atoms with Gasteiger partial charge in [-0.25, -0.2) is 18.4 Å². The van der Waals surface area contributed by atoms with Gasteiger partial charge in [-0.3, -0.25) is 4.79 Å². The minimum absolute atomic E-state index is 0.00627. The lowest BCUT2D eigenvalue weighted by Gasteiger charge is -2.40. The van der Waals surface area contributed by atoms with Gasteiger partial charge in [-0.15, -0.1) is 0 Å². The average Bonchev–Trinajstić information content (AvgIpc) is 3.61. The molecular weight excluding hydrogens is 552 g/mol. The van der Waals surface area contributed by atoms with Crippen molar-refractivity contribution in [1.29, 1.82) is 0 Å². The normalized spacial score (nSPS) is 15.6. The molecule has 1 fully saturated rings. The van der Waals surface area contributed by atoms with Crippen molar-refractivity contribution < 1.29 is 18.3 Å². The molecule has 0 bridgehead atoms. The van der Waals surface area contributed by atoms with E-state index < -0.39 is 17.4 Å². The van der Waals surface area contributed by atoms with Gasteiger partial charge >= 0.3 is 0 Å². The zero-order chi connectivity index (χ0) is 29.7. The molecule has 0 atom stereocenters. The number of H-pyrrole nitrogens is 1. The predicted octanol–water partition coefficient (Wildman–Crippen LogP) is 5.45. The second kappa shape index (κ2) is 10.8. The maximum Gasteiger partial charge on any atom is 0.219 e. The predicted molar refractivity (Wildman–Crippen MR) is 160 cm³/mol. The number of para-hydroxylation sites is 1. The summed E-state index contributed by atoms with van der Waals surface area (Å²) in [6, 6.07) is 11.8. The summed E-state index contributed by atoms with van der Waals surface area (Å²) in [6.45, 7) is 4.89. The van der Waals surface area contributed by atoms with Gasteiger partial charge in [-0.1, -0.05) is 6.07 Å². The topological polar surface area (TPSA) is 114 Å². The number of piperidine rings is 1. The van der Waals surface area contributed by atoms with Crippen LogP contribution in [-0.2, 0) is 6.42 Å². The van der Waals surface area contributed by atoms with Crippen molar-refractivity contribution in [3.63, 3.8) is 0 Å². The highest BCUT2D eigenvalue weighted by molar-refractivity contribution is 6.12. The maximum absolute atomic E-state index is 14.0. The Morgan fingerprint density at radius 1 is 1.07 bits per heavy atom. The van der Waals surface area contributed by atoms with Gasteiger partial charge in [0.2, 0.25) is 17.4 Å². The van der Waals surface area contributed by atoms with Crippen molar-refractivity contribution in [2.75, 3.05) is 30.3 Å². The number of hydrogen-bond acceptors (Lipinski definition) is 7. The second-order valence-corrected chi connectivity index (χ2v) is 11.2. The van der Waals surface area contributed by atoms with Crippen molar-refractivity contribution >= 4 is 28.2 Å². The molecule has 4 N–H and O–H groups in total. The zero-order valence-electron chi connectivity index (χ0n) is 23.7. The molecule has 2 aliphatic heterocycles. The third kappa shape index (κ3) is 4.89. The van der Waals surface area contributed by atoms with Crippen molar-refractivity contribution in [1.82, 2.24) is 25.1 Å². The van der Waals surface area contributed by atoms with Crippen molar-refractivity contribution in [2.45, 2.75) is 38.6 Å². The van der Waals surface area contributed by atoms with E-state index in [9.17, 15) is 13.6 Å². The average molecular weight is 584 g/mol. The van der Waals surface area contributed by atoms with Crippen LogP contribution in [-0.4, -0.2) is 51.2 Å². The molecule has 220 valence electrons. The van der Waals surface area contributed by atoms with Crippen LogP contribution in [0.2, 0.25) is 0 Å².